The number of oxazole rings is 1. The molecule has 1 atom stereocenters. The Morgan fingerprint density at radius 1 is 1.00 bits per heavy atom. The fraction of sp³-hybridized carbons (Fsp3) is 0.407. The van der Waals surface area contributed by atoms with Crippen molar-refractivity contribution in [1.29, 1.82) is 0 Å². The van der Waals surface area contributed by atoms with Gasteiger partial charge < -0.3 is 9.52 Å². The van der Waals surface area contributed by atoms with Crippen molar-refractivity contribution in [2.24, 2.45) is 16.7 Å². The normalized spacial score (nSPS) is 21.2. The number of para-hydroxylation sites is 2. The Hall–Kier alpha value is -2.23. The van der Waals surface area contributed by atoms with Crippen molar-refractivity contribution >= 4 is 16.9 Å². The van der Waals surface area contributed by atoms with E-state index in [-0.39, 0.29) is 36.7 Å². The topological polar surface area (TPSA) is 63.3 Å². The second-order valence-corrected chi connectivity index (χ2v) is 9.90. The molecule has 5 rings (SSSR count). The van der Waals surface area contributed by atoms with Crippen LogP contribution in [0.15, 0.2) is 64.3 Å². The quantitative estimate of drug-likeness (QED) is 0.305. The molecule has 1 fully saturated rings. The summed E-state index contributed by atoms with van der Waals surface area (Å²) in [4.78, 5) is 16.7. The van der Waals surface area contributed by atoms with Crippen molar-refractivity contribution in [2.75, 3.05) is 0 Å². The van der Waals surface area contributed by atoms with Crippen molar-refractivity contribution in [3.05, 3.63) is 65.9 Å². The molecule has 1 unspecified atom stereocenters. The van der Waals surface area contributed by atoms with Gasteiger partial charge in [0.05, 0.1) is 5.52 Å². The maximum absolute atomic E-state index is 12.4. The smallest absolute Gasteiger partial charge is 0.168 e. The minimum atomic E-state index is -0.284. The number of ketones is 1. The second kappa shape index (κ2) is 9.33. The van der Waals surface area contributed by atoms with Gasteiger partial charge in [-0.1, -0.05) is 45.4 Å². The Morgan fingerprint density at radius 3 is 2.31 bits per heavy atom. The van der Waals surface area contributed by atoms with Crippen LogP contribution in [0.3, 0.4) is 0 Å². The van der Waals surface area contributed by atoms with E-state index >= 15 is 0 Å². The summed E-state index contributed by atoms with van der Waals surface area (Å²) in [6, 6.07) is 18.5. The minimum Gasteiger partial charge on any atom is -0.511 e. The fourth-order valence-electron chi connectivity index (χ4n) is 4.46. The zero-order valence-electron chi connectivity index (χ0n) is 19.1. The Bertz CT molecular complexity index is 1100. The first-order valence-electron chi connectivity index (χ1n) is 11.0. The number of hydrogen-bond donors (Lipinski definition) is 1. The van der Waals surface area contributed by atoms with Gasteiger partial charge >= 0.3 is 0 Å². The van der Waals surface area contributed by atoms with E-state index in [4.69, 9.17) is 4.42 Å². The van der Waals surface area contributed by atoms with Gasteiger partial charge in [-0.25, -0.2) is 0 Å². The van der Waals surface area contributed by atoms with E-state index in [9.17, 15) is 9.90 Å². The van der Waals surface area contributed by atoms with E-state index in [1.807, 2.05) is 76.2 Å². The summed E-state index contributed by atoms with van der Waals surface area (Å²) < 4.78 is 5.61. The van der Waals surface area contributed by atoms with Crippen LogP contribution < -0.4 is 0 Å². The molecule has 1 radical (unpaired) electrons. The maximum Gasteiger partial charge on any atom is 0.168 e. The van der Waals surface area contributed by atoms with Gasteiger partial charge in [0.1, 0.15) is 17.2 Å². The van der Waals surface area contributed by atoms with Crippen LogP contribution in [0.25, 0.3) is 22.6 Å². The Morgan fingerprint density at radius 2 is 1.66 bits per heavy atom. The van der Waals surface area contributed by atoms with Crippen LogP contribution in [0.4, 0.5) is 0 Å². The molecule has 0 aliphatic heterocycles. The average Bonchev–Trinajstić information content (AvgIpc) is 3.19. The Kier molecular flexibility index (Phi) is 7.12. The van der Waals surface area contributed by atoms with Gasteiger partial charge in [0.15, 0.2) is 5.78 Å². The molecule has 1 aromatic heterocycles. The summed E-state index contributed by atoms with van der Waals surface area (Å²) in [6.07, 6.45) is 4.04. The number of aliphatic hydroxyl groups is 1. The number of aromatic nitrogens is 1. The van der Waals surface area contributed by atoms with Gasteiger partial charge in [-0.15, -0.1) is 30.3 Å². The third kappa shape index (κ3) is 4.74. The van der Waals surface area contributed by atoms with Crippen LogP contribution in [0.2, 0.25) is 0 Å². The number of allylic oxidation sites excluding steroid dienone is 2. The summed E-state index contributed by atoms with van der Waals surface area (Å²) in [5, 5.41) is 10.3. The number of aliphatic hydroxyl groups excluding tert-OH is 1. The molecule has 32 heavy (non-hydrogen) atoms. The number of benzene rings is 2. The number of carbonyl (C=O) groups is 1. The van der Waals surface area contributed by atoms with Crippen LogP contribution in [-0.2, 0) is 24.9 Å². The molecular weight excluding hydrogens is 579 g/mol. The predicted octanol–water partition coefficient (Wildman–Crippen LogP) is 6.92. The van der Waals surface area contributed by atoms with Crippen molar-refractivity contribution in [2.45, 2.75) is 53.4 Å². The van der Waals surface area contributed by atoms with Crippen LogP contribution in [-0.4, -0.2) is 15.9 Å². The number of fused-ring (bicyclic) bond motifs is 2. The first-order valence-corrected chi connectivity index (χ1v) is 11.0. The van der Waals surface area contributed by atoms with E-state index in [2.05, 4.69) is 11.1 Å². The largest absolute Gasteiger partial charge is 0.511 e. The maximum atomic E-state index is 12.4. The van der Waals surface area contributed by atoms with Gasteiger partial charge in [0, 0.05) is 36.5 Å². The molecule has 1 saturated carbocycles. The van der Waals surface area contributed by atoms with Crippen LogP contribution in [0.5, 0.6) is 0 Å². The monoisotopic (exact) mass is 609 g/mol. The van der Waals surface area contributed by atoms with Gasteiger partial charge in [0.25, 0.3) is 0 Å². The fourth-order valence-corrected chi connectivity index (χ4v) is 4.46. The van der Waals surface area contributed by atoms with Gasteiger partial charge in [-0.3, -0.25) is 9.78 Å². The summed E-state index contributed by atoms with van der Waals surface area (Å²) in [6.45, 7) is 8.04. The minimum absolute atomic E-state index is 0. The third-order valence-corrected chi connectivity index (χ3v) is 6.63. The number of carbonyl (C=O) groups excluding carboxylic acids is 1. The Labute approximate surface area is 203 Å². The first-order chi connectivity index (χ1) is 14.7. The van der Waals surface area contributed by atoms with Crippen molar-refractivity contribution in [3.63, 3.8) is 0 Å². The molecule has 1 N–H and O–H groups in total. The molecule has 5 heteroatoms. The van der Waals surface area contributed by atoms with E-state index in [0.717, 1.165) is 47.9 Å². The number of nitrogens with zero attached hydrogens (tertiary/aromatic N) is 1. The van der Waals surface area contributed by atoms with Crippen molar-refractivity contribution in [1.82, 2.24) is 4.98 Å². The predicted molar refractivity (Wildman–Crippen MR) is 122 cm³/mol. The number of hydrogen-bond acceptors (Lipinski definition) is 4. The standard InChI is InChI=1S/C14H22O2.C13H8NO.Ir/c1-13(2)7-5-9-6-8-14(3,4)12(16)10(9)11(13)15;1-2-6-10(7-3-1)13-14-11-8-4-5-9-12(11)15-13;/h9,15H,5-8H2,1-4H3;1-6,8-9H;/q;-1;. The molecule has 2 aliphatic rings. The molecule has 171 valence electrons. The first kappa shape index (κ1) is 24.4. The SMILES string of the molecule is CC1(C)CCC2CCC(C)(C)C(O)=C2C1=O.[Ir].[c-]1ccccc1-c1nc2ccccc2o1. The van der Waals surface area contributed by atoms with Gasteiger partial charge in [-0.05, 0) is 43.7 Å². The molecule has 1 heterocycles. The summed E-state index contributed by atoms with van der Waals surface area (Å²) in [5.41, 5.74) is 2.82. The molecular formula is C27H30IrNO3-. The molecule has 0 spiro atoms. The van der Waals surface area contributed by atoms with E-state index in [0.29, 0.717) is 17.6 Å². The van der Waals surface area contributed by atoms with E-state index in [1.165, 1.54) is 0 Å². The summed E-state index contributed by atoms with van der Waals surface area (Å²) in [7, 11) is 0. The third-order valence-electron chi connectivity index (χ3n) is 6.63. The van der Waals surface area contributed by atoms with Crippen molar-refractivity contribution in [3.8, 4) is 11.5 Å². The molecule has 2 aromatic carbocycles. The van der Waals surface area contributed by atoms with E-state index in [1.54, 1.807) is 0 Å². The molecule has 2 aliphatic carbocycles. The molecule has 0 bridgehead atoms. The second-order valence-electron chi connectivity index (χ2n) is 9.90. The number of Topliss-reactive ketones (excluding diaryl/α,β-unsaturated/α-hetero) is 1. The van der Waals surface area contributed by atoms with Crippen LogP contribution in [0, 0.1) is 22.8 Å². The zero-order valence-corrected chi connectivity index (χ0v) is 21.5. The molecule has 0 amide bonds. The average molecular weight is 609 g/mol. The van der Waals surface area contributed by atoms with Crippen LogP contribution >= 0.6 is 0 Å². The Balaban J connectivity index is 0.000000175. The summed E-state index contributed by atoms with van der Waals surface area (Å²) >= 11 is 0. The molecule has 4 nitrogen and oxygen atoms in total. The van der Waals surface area contributed by atoms with Crippen LogP contribution in [0.1, 0.15) is 53.4 Å². The zero-order chi connectivity index (χ0) is 22.2. The van der Waals surface area contributed by atoms with Gasteiger partial charge in [-0.2, -0.15) is 0 Å². The summed E-state index contributed by atoms with van der Waals surface area (Å²) in [5.74, 6) is 1.47. The molecule has 0 saturated heterocycles. The molecule has 3 aromatic rings. The van der Waals surface area contributed by atoms with Crippen molar-refractivity contribution < 1.29 is 34.4 Å². The van der Waals surface area contributed by atoms with E-state index < -0.39 is 0 Å². The van der Waals surface area contributed by atoms with Gasteiger partial charge in [0.2, 0.25) is 0 Å². The number of rotatable bonds is 1.